The number of aromatic nitrogens is 3. The van der Waals surface area contributed by atoms with Gasteiger partial charge in [-0.15, -0.1) is 0 Å². The van der Waals surface area contributed by atoms with Gasteiger partial charge in [0.2, 0.25) is 0 Å². The van der Waals surface area contributed by atoms with Gasteiger partial charge in [-0.3, -0.25) is 4.40 Å². The molecule has 0 aliphatic rings. The number of pyridine rings is 2. The number of benzene rings is 7. The van der Waals surface area contributed by atoms with Gasteiger partial charge in [0.15, 0.2) is 0 Å². The number of para-hydroxylation sites is 3. The number of hydrogen-bond acceptors (Lipinski definition) is 2. The Morgan fingerprint density at radius 3 is 1.93 bits per heavy atom. The van der Waals surface area contributed by atoms with Crippen LogP contribution in [-0.2, 0) is 0 Å². The molecule has 3 nitrogen and oxygen atoms in total. The van der Waals surface area contributed by atoms with E-state index in [4.69, 9.17) is 9.97 Å². The third kappa shape index (κ3) is 3.65. The summed E-state index contributed by atoms with van der Waals surface area (Å²) < 4.78 is 2.30. The van der Waals surface area contributed by atoms with E-state index >= 15 is 0 Å². The van der Waals surface area contributed by atoms with E-state index in [2.05, 4.69) is 156 Å². The van der Waals surface area contributed by atoms with Gasteiger partial charge in [0.05, 0.1) is 27.8 Å². The molecule has 45 heavy (non-hydrogen) atoms. The van der Waals surface area contributed by atoms with Crippen LogP contribution in [0, 0.1) is 0 Å². The molecule has 0 radical (unpaired) electrons. The fourth-order valence-corrected chi connectivity index (χ4v) is 7.09. The van der Waals surface area contributed by atoms with Crippen LogP contribution in [0.4, 0.5) is 0 Å². The lowest BCUT2D eigenvalue weighted by atomic mass is 9.96. The third-order valence-electron chi connectivity index (χ3n) is 9.31. The predicted molar refractivity (Wildman–Crippen MR) is 189 cm³/mol. The number of imidazole rings is 1. The minimum Gasteiger partial charge on any atom is -0.292 e. The van der Waals surface area contributed by atoms with Crippen molar-refractivity contribution in [1.82, 2.24) is 14.4 Å². The average Bonchev–Trinajstić information content (AvgIpc) is 3.51. The van der Waals surface area contributed by atoms with Crippen LogP contribution >= 0.6 is 0 Å². The number of fused-ring (bicyclic) bond motifs is 12. The molecule has 0 saturated heterocycles. The van der Waals surface area contributed by atoms with Crippen molar-refractivity contribution >= 4 is 70.8 Å². The first kappa shape index (κ1) is 24.4. The van der Waals surface area contributed by atoms with Gasteiger partial charge in [-0.1, -0.05) is 103 Å². The van der Waals surface area contributed by atoms with Crippen LogP contribution in [0.2, 0.25) is 0 Å². The van der Waals surface area contributed by atoms with E-state index in [-0.39, 0.29) is 0 Å². The Bertz CT molecular complexity index is 2820. The van der Waals surface area contributed by atoms with Crippen molar-refractivity contribution in [3.63, 3.8) is 0 Å². The molecule has 0 unspecified atom stereocenters. The molecule has 0 aliphatic heterocycles. The monoisotopic (exact) mass is 571 g/mol. The van der Waals surface area contributed by atoms with Gasteiger partial charge in [0, 0.05) is 27.1 Å². The second-order valence-corrected chi connectivity index (χ2v) is 11.9. The number of nitrogens with zero attached hydrogens (tertiary/aromatic N) is 3. The smallest absolute Gasteiger partial charge is 0.146 e. The molecule has 3 heteroatoms. The summed E-state index contributed by atoms with van der Waals surface area (Å²) in [4.78, 5) is 10.2. The molecular formula is C42H25N3. The molecule has 0 atom stereocenters. The molecular weight excluding hydrogens is 546 g/mol. The molecule has 208 valence electrons. The maximum atomic E-state index is 5.13. The van der Waals surface area contributed by atoms with Crippen molar-refractivity contribution in [3.05, 3.63) is 152 Å². The molecule has 3 heterocycles. The van der Waals surface area contributed by atoms with Crippen LogP contribution in [0.25, 0.3) is 93.2 Å². The SMILES string of the molecule is c1ccc2c(c1)ccc1ccc(-c3ccc4cc(-c5ccc6c(c5)c5ccccc5n5c7ccccc7nc65)ccc4c3)nc12. The second-order valence-electron chi connectivity index (χ2n) is 11.9. The fraction of sp³-hybridized carbons (Fsp3) is 0. The van der Waals surface area contributed by atoms with Crippen molar-refractivity contribution in [2.45, 2.75) is 0 Å². The number of hydrogen-bond donors (Lipinski definition) is 0. The highest BCUT2D eigenvalue weighted by molar-refractivity contribution is 6.15. The molecule has 7 aromatic carbocycles. The molecule has 0 saturated carbocycles. The summed E-state index contributed by atoms with van der Waals surface area (Å²) >= 11 is 0. The maximum Gasteiger partial charge on any atom is 0.146 e. The van der Waals surface area contributed by atoms with Gasteiger partial charge in [-0.2, -0.15) is 0 Å². The summed E-state index contributed by atoms with van der Waals surface area (Å²) in [6.45, 7) is 0. The zero-order chi connectivity index (χ0) is 29.5. The van der Waals surface area contributed by atoms with Gasteiger partial charge in [-0.25, -0.2) is 9.97 Å². The summed E-state index contributed by atoms with van der Waals surface area (Å²) in [5.41, 5.74) is 9.88. The Morgan fingerprint density at radius 1 is 0.378 bits per heavy atom. The lowest BCUT2D eigenvalue weighted by molar-refractivity contribution is 1.31. The Balaban J connectivity index is 1.10. The highest BCUT2D eigenvalue weighted by atomic mass is 15.0. The fourth-order valence-electron chi connectivity index (χ4n) is 7.09. The van der Waals surface area contributed by atoms with Gasteiger partial charge in [0.25, 0.3) is 0 Å². The van der Waals surface area contributed by atoms with Crippen molar-refractivity contribution in [1.29, 1.82) is 0 Å². The Morgan fingerprint density at radius 2 is 1.02 bits per heavy atom. The summed E-state index contributed by atoms with van der Waals surface area (Å²) in [6, 6.07) is 54.4. The highest BCUT2D eigenvalue weighted by Crippen LogP contribution is 2.36. The molecule has 0 aliphatic carbocycles. The van der Waals surface area contributed by atoms with Crippen molar-refractivity contribution in [3.8, 4) is 22.4 Å². The molecule has 0 bridgehead atoms. The van der Waals surface area contributed by atoms with Crippen LogP contribution in [0.5, 0.6) is 0 Å². The predicted octanol–water partition coefficient (Wildman–Crippen LogP) is 11.0. The van der Waals surface area contributed by atoms with E-state index in [0.29, 0.717) is 0 Å². The van der Waals surface area contributed by atoms with Crippen LogP contribution in [-0.4, -0.2) is 14.4 Å². The topological polar surface area (TPSA) is 30.2 Å². The minimum atomic E-state index is 0.990. The van der Waals surface area contributed by atoms with Crippen molar-refractivity contribution in [2.24, 2.45) is 0 Å². The van der Waals surface area contributed by atoms with E-state index in [1.807, 2.05) is 0 Å². The highest BCUT2D eigenvalue weighted by Gasteiger charge is 2.14. The molecule has 0 fully saturated rings. The van der Waals surface area contributed by atoms with Crippen LogP contribution in [0.1, 0.15) is 0 Å². The lowest BCUT2D eigenvalue weighted by Gasteiger charge is -2.12. The minimum absolute atomic E-state index is 0.990. The molecule has 0 amide bonds. The van der Waals surface area contributed by atoms with Crippen molar-refractivity contribution in [2.75, 3.05) is 0 Å². The van der Waals surface area contributed by atoms with E-state index in [1.165, 1.54) is 49.0 Å². The van der Waals surface area contributed by atoms with Gasteiger partial charge < -0.3 is 0 Å². The Hall–Kier alpha value is -6.06. The quantitative estimate of drug-likeness (QED) is 0.193. The first-order chi connectivity index (χ1) is 22.3. The molecule has 0 N–H and O–H groups in total. The zero-order valence-electron chi connectivity index (χ0n) is 24.3. The molecule has 0 spiro atoms. The molecule has 10 rings (SSSR count). The van der Waals surface area contributed by atoms with E-state index < -0.39 is 0 Å². The van der Waals surface area contributed by atoms with Gasteiger partial charge in [0.1, 0.15) is 5.65 Å². The Kier molecular flexibility index (Phi) is 5.00. The molecule has 3 aromatic heterocycles. The average molecular weight is 572 g/mol. The Labute approximate surface area is 258 Å². The first-order valence-corrected chi connectivity index (χ1v) is 15.3. The van der Waals surface area contributed by atoms with Crippen LogP contribution in [0.15, 0.2) is 152 Å². The summed E-state index contributed by atoms with van der Waals surface area (Å²) in [6.07, 6.45) is 0. The maximum absolute atomic E-state index is 5.13. The standard InChI is InChI=1S/C42H25N3/c1-2-8-33-26(7-1)13-14-27-20-22-37(43-41(27)33)32-18-17-28-23-29(15-16-30(28)24-32)31-19-21-35-36(25-31)34-9-3-5-11-39(34)45-40-12-6-4-10-38(40)44-42(35)45/h1-25H. The van der Waals surface area contributed by atoms with E-state index in [9.17, 15) is 0 Å². The first-order valence-electron chi connectivity index (χ1n) is 15.3. The normalized spacial score (nSPS) is 12.0. The van der Waals surface area contributed by atoms with Crippen LogP contribution < -0.4 is 0 Å². The third-order valence-corrected chi connectivity index (χ3v) is 9.31. The van der Waals surface area contributed by atoms with Crippen LogP contribution in [0.3, 0.4) is 0 Å². The van der Waals surface area contributed by atoms with Gasteiger partial charge >= 0.3 is 0 Å². The largest absolute Gasteiger partial charge is 0.292 e. The van der Waals surface area contributed by atoms with E-state index in [1.54, 1.807) is 0 Å². The number of rotatable bonds is 2. The summed E-state index contributed by atoms with van der Waals surface area (Å²) in [7, 11) is 0. The summed E-state index contributed by atoms with van der Waals surface area (Å²) in [5, 5.41) is 9.58. The van der Waals surface area contributed by atoms with E-state index in [0.717, 1.165) is 44.2 Å². The summed E-state index contributed by atoms with van der Waals surface area (Å²) in [5.74, 6) is 0. The lowest BCUT2D eigenvalue weighted by Crippen LogP contribution is -1.92. The van der Waals surface area contributed by atoms with Gasteiger partial charge in [-0.05, 0) is 81.2 Å². The zero-order valence-corrected chi connectivity index (χ0v) is 24.3. The van der Waals surface area contributed by atoms with Crippen molar-refractivity contribution < 1.29 is 0 Å². The second kappa shape index (κ2) is 9.22. The molecule has 10 aromatic rings.